The zero-order valence-electron chi connectivity index (χ0n) is 13.2. The average Bonchev–Trinajstić information content (AvgIpc) is 2.74. The number of guanidine groups is 1. The van der Waals surface area contributed by atoms with E-state index >= 15 is 0 Å². The Morgan fingerprint density at radius 2 is 1.70 bits per heavy atom. The van der Waals surface area contributed by atoms with Crippen LogP contribution in [0, 0.1) is 5.92 Å². The van der Waals surface area contributed by atoms with E-state index in [1.807, 2.05) is 0 Å². The van der Waals surface area contributed by atoms with Gasteiger partial charge in [0.15, 0.2) is 5.96 Å². The van der Waals surface area contributed by atoms with Gasteiger partial charge in [0, 0.05) is 19.6 Å². The molecule has 4 heteroatoms. The Bertz CT molecular complexity index is 287. The first-order valence-electron chi connectivity index (χ1n) is 8.53. The monoisotopic (exact) mass is 280 g/mol. The van der Waals surface area contributed by atoms with Crippen LogP contribution in [0.25, 0.3) is 0 Å². The van der Waals surface area contributed by atoms with Crippen molar-refractivity contribution in [3.05, 3.63) is 0 Å². The molecule has 0 radical (unpaired) electrons. The van der Waals surface area contributed by atoms with E-state index in [1.54, 1.807) is 0 Å². The highest BCUT2D eigenvalue weighted by molar-refractivity contribution is 5.78. The second-order valence-corrected chi connectivity index (χ2v) is 6.52. The van der Waals surface area contributed by atoms with Crippen molar-refractivity contribution >= 4 is 5.96 Å². The van der Waals surface area contributed by atoms with Crippen molar-refractivity contribution in [3.63, 3.8) is 0 Å². The summed E-state index contributed by atoms with van der Waals surface area (Å²) in [6.45, 7) is 9.17. The standard InChI is InChI=1S/C16H32N4/c1-15-7-13-19(14-8-15)10-6-9-18-16(17)20-11-4-2-3-5-12-20/h15H,2-14H2,1H3,(H2,17,18). The Balaban J connectivity index is 1.62. The van der Waals surface area contributed by atoms with Crippen molar-refractivity contribution in [2.45, 2.75) is 51.9 Å². The second kappa shape index (κ2) is 8.50. The minimum Gasteiger partial charge on any atom is -0.370 e. The largest absolute Gasteiger partial charge is 0.370 e. The lowest BCUT2D eigenvalue weighted by atomic mass is 9.99. The van der Waals surface area contributed by atoms with E-state index in [4.69, 9.17) is 5.73 Å². The molecule has 0 amide bonds. The lowest BCUT2D eigenvalue weighted by molar-refractivity contribution is 0.191. The van der Waals surface area contributed by atoms with Gasteiger partial charge in [0.05, 0.1) is 0 Å². The summed E-state index contributed by atoms with van der Waals surface area (Å²) in [5.41, 5.74) is 6.12. The number of piperidine rings is 1. The first-order valence-corrected chi connectivity index (χ1v) is 8.53. The molecule has 0 aromatic carbocycles. The van der Waals surface area contributed by atoms with Crippen LogP contribution in [0.5, 0.6) is 0 Å². The van der Waals surface area contributed by atoms with Crippen molar-refractivity contribution in [2.75, 3.05) is 39.3 Å². The van der Waals surface area contributed by atoms with Gasteiger partial charge < -0.3 is 15.5 Å². The first-order chi connectivity index (χ1) is 9.75. The van der Waals surface area contributed by atoms with E-state index in [0.717, 1.165) is 37.9 Å². The summed E-state index contributed by atoms with van der Waals surface area (Å²) >= 11 is 0. The number of hydrogen-bond acceptors (Lipinski definition) is 2. The Morgan fingerprint density at radius 3 is 2.35 bits per heavy atom. The Labute approximate surface area is 124 Å². The quantitative estimate of drug-likeness (QED) is 0.488. The number of aliphatic imine (C=N–C) groups is 1. The molecule has 0 saturated carbocycles. The minimum atomic E-state index is 0.777. The third-order valence-electron chi connectivity index (χ3n) is 4.71. The summed E-state index contributed by atoms with van der Waals surface area (Å²) in [4.78, 5) is 9.44. The number of hydrogen-bond donors (Lipinski definition) is 1. The molecule has 4 nitrogen and oxygen atoms in total. The third-order valence-corrected chi connectivity index (χ3v) is 4.71. The van der Waals surface area contributed by atoms with E-state index < -0.39 is 0 Å². The fraction of sp³-hybridized carbons (Fsp3) is 0.938. The van der Waals surface area contributed by atoms with Gasteiger partial charge in [-0.15, -0.1) is 0 Å². The van der Waals surface area contributed by atoms with Crippen LogP contribution < -0.4 is 5.73 Å². The van der Waals surface area contributed by atoms with Crippen molar-refractivity contribution < 1.29 is 0 Å². The van der Waals surface area contributed by atoms with Crippen LogP contribution in [-0.4, -0.2) is 55.0 Å². The highest BCUT2D eigenvalue weighted by atomic mass is 15.2. The highest BCUT2D eigenvalue weighted by Gasteiger charge is 2.15. The van der Waals surface area contributed by atoms with Crippen LogP contribution in [0.3, 0.4) is 0 Å². The smallest absolute Gasteiger partial charge is 0.191 e. The van der Waals surface area contributed by atoms with Gasteiger partial charge in [0.25, 0.3) is 0 Å². The molecule has 20 heavy (non-hydrogen) atoms. The molecule has 0 bridgehead atoms. The SMILES string of the molecule is CC1CCN(CCCN=C(N)N2CCCCCC2)CC1. The average molecular weight is 280 g/mol. The van der Waals surface area contributed by atoms with E-state index in [-0.39, 0.29) is 0 Å². The minimum absolute atomic E-state index is 0.777. The molecule has 0 aromatic heterocycles. The molecule has 2 heterocycles. The topological polar surface area (TPSA) is 44.9 Å². The van der Waals surface area contributed by atoms with Gasteiger partial charge in [-0.1, -0.05) is 19.8 Å². The lowest BCUT2D eigenvalue weighted by Gasteiger charge is -2.29. The molecule has 0 unspecified atom stereocenters. The van der Waals surface area contributed by atoms with E-state index in [0.29, 0.717) is 0 Å². The molecule has 0 atom stereocenters. The van der Waals surface area contributed by atoms with E-state index in [1.165, 1.54) is 58.2 Å². The van der Waals surface area contributed by atoms with Crippen LogP contribution >= 0.6 is 0 Å². The fourth-order valence-electron chi connectivity index (χ4n) is 3.17. The fourth-order valence-corrected chi connectivity index (χ4v) is 3.17. The van der Waals surface area contributed by atoms with Gasteiger partial charge >= 0.3 is 0 Å². The van der Waals surface area contributed by atoms with E-state index in [9.17, 15) is 0 Å². The zero-order chi connectivity index (χ0) is 14.2. The highest BCUT2D eigenvalue weighted by Crippen LogP contribution is 2.15. The summed E-state index contributed by atoms with van der Waals surface area (Å²) in [5, 5.41) is 0. The Hall–Kier alpha value is -0.770. The molecule has 2 N–H and O–H groups in total. The summed E-state index contributed by atoms with van der Waals surface area (Å²) < 4.78 is 0. The maximum absolute atomic E-state index is 6.12. The maximum Gasteiger partial charge on any atom is 0.191 e. The molecule has 0 aliphatic carbocycles. The Morgan fingerprint density at radius 1 is 1.05 bits per heavy atom. The molecule has 2 aliphatic rings. The predicted octanol–water partition coefficient (Wildman–Crippen LogP) is 2.30. The van der Waals surface area contributed by atoms with Gasteiger partial charge in [-0.2, -0.15) is 0 Å². The van der Waals surface area contributed by atoms with Gasteiger partial charge in [0.2, 0.25) is 0 Å². The molecule has 2 saturated heterocycles. The first kappa shape index (κ1) is 15.6. The van der Waals surface area contributed by atoms with Crippen molar-refractivity contribution in [1.82, 2.24) is 9.80 Å². The lowest BCUT2D eigenvalue weighted by Crippen LogP contribution is -2.38. The normalized spacial score (nSPS) is 23.9. The van der Waals surface area contributed by atoms with E-state index in [2.05, 4.69) is 21.7 Å². The molecular formula is C16H32N4. The summed E-state index contributed by atoms with van der Waals surface area (Å²) in [7, 11) is 0. The molecule has 2 fully saturated rings. The zero-order valence-corrected chi connectivity index (χ0v) is 13.2. The summed E-state index contributed by atoms with van der Waals surface area (Å²) in [6, 6.07) is 0. The molecule has 2 rings (SSSR count). The van der Waals surface area contributed by atoms with Crippen molar-refractivity contribution in [1.29, 1.82) is 0 Å². The number of nitrogens with two attached hydrogens (primary N) is 1. The Kier molecular flexibility index (Phi) is 6.64. The number of likely N-dealkylation sites (tertiary alicyclic amines) is 2. The molecular weight excluding hydrogens is 248 g/mol. The van der Waals surface area contributed by atoms with Crippen LogP contribution in [0.1, 0.15) is 51.9 Å². The maximum atomic E-state index is 6.12. The predicted molar refractivity (Wildman–Crippen MR) is 86.0 cm³/mol. The van der Waals surface area contributed by atoms with Crippen molar-refractivity contribution in [3.8, 4) is 0 Å². The van der Waals surface area contributed by atoms with Crippen LogP contribution in [0.15, 0.2) is 4.99 Å². The summed E-state index contributed by atoms with van der Waals surface area (Å²) in [5.74, 6) is 1.70. The van der Waals surface area contributed by atoms with Gasteiger partial charge in [-0.3, -0.25) is 4.99 Å². The third kappa shape index (κ3) is 5.31. The molecule has 116 valence electrons. The van der Waals surface area contributed by atoms with Crippen LogP contribution in [-0.2, 0) is 0 Å². The molecule has 2 aliphatic heterocycles. The van der Waals surface area contributed by atoms with Crippen LogP contribution in [0.2, 0.25) is 0 Å². The van der Waals surface area contributed by atoms with Gasteiger partial charge in [0.1, 0.15) is 0 Å². The number of nitrogens with zero attached hydrogens (tertiary/aromatic N) is 3. The van der Waals surface area contributed by atoms with Crippen LogP contribution in [0.4, 0.5) is 0 Å². The number of rotatable bonds is 4. The second-order valence-electron chi connectivity index (χ2n) is 6.52. The molecule has 0 aromatic rings. The van der Waals surface area contributed by atoms with Gasteiger partial charge in [-0.05, 0) is 57.7 Å². The van der Waals surface area contributed by atoms with Crippen molar-refractivity contribution in [2.24, 2.45) is 16.6 Å². The van der Waals surface area contributed by atoms with Gasteiger partial charge in [-0.25, -0.2) is 0 Å². The molecule has 0 spiro atoms. The summed E-state index contributed by atoms with van der Waals surface area (Å²) in [6.07, 6.45) is 9.08.